The van der Waals surface area contributed by atoms with Crippen LogP contribution in [0.5, 0.6) is 0 Å². The molecule has 3 nitrogen and oxygen atoms in total. The van der Waals surface area contributed by atoms with Crippen LogP contribution in [0.3, 0.4) is 0 Å². The monoisotopic (exact) mass is 255 g/mol. The highest BCUT2D eigenvalue weighted by atomic mass is 32.1. The van der Waals surface area contributed by atoms with Gasteiger partial charge in [-0.05, 0) is 37.8 Å². The second kappa shape index (κ2) is 6.47. The van der Waals surface area contributed by atoms with E-state index in [1.165, 1.54) is 4.88 Å². The number of hydrogen-bond donors (Lipinski definition) is 2. The summed E-state index contributed by atoms with van der Waals surface area (Å²) in [6.45, 7) is 11.5. The minimum Gasteiger partial charge on any atom is -0.330 e. The summed E-state index contributed by atoms with van der Waals surface area (Å²) in [6, 6.07) is 0. The van der Waals surface area contributed by atoms with Crippen molar-refractivity contribution in [1.82, 2.24) is 10.3 Å². The van der Waals surface area contributed by atoms with Gasteiger partial charge in [-0.3, -0.25) is 0 Å². The molecule has 0 fully saturated rings. The first-order chi connectivity index (χ1) is 7.90. The molecule has 0 spiro atoms. The first-order valence-electron chi connectivity index (χ1n) is 6.23. The van der Waals surface area contributed by atoms with E-state index < -0.39 is 0 Å². The summed E-state index contributed by atoms with van der Waals surface area (Å²) in [5, 5.41) is 4.62. The van der Waals surface area contributed by atoms with Gasteiger partial charge in [-0.25, -0.2) is 4.98 Å². The largest absolute Gasteiger partial charge is 0.330 e. The average Bonchev–Trinajstić information content (AvgIpc) is 2.61. The molecule has 3 N–H and O–H groups in total. The van der Waals surface area contributed by atoms with Crippen LogP contribution in [-0.2, 0) is 6.54 Å². The molecule has 0 aliphatic carbocycles. The Labute approximate surface area is 109 Å². The third-order valence-electron chi connectivity index (χ3n) is 2.61. The van der Waals surface area contributed by atoms with Crippen molar-refractivity contribution in [2.24, 2.45) is 17.1 Å². The minimum atomic E-state index is 0.351. The predicted molar refractivity (Wildman–Crippen MR) is 75.2 cm³/mol. The van der Waals surface area contributed by atoms with Crippen LogP contribution in [0.25, 0.3) is 0 Å². The van der Waals surface area contributed by atoms with Crippen LogP contribution in [0.1, 0.15) is 37.1 Å². The molecule has 1 aromatic rings. The van der Waals surface area contributed by atoms with Gasteiger partial charge in [-0.15, -0.1) is 11.3 Å². The van der Waals surface area contributed by atoms with Gasteiger partial charge in [0.1, 0.15) is 5.01 Å². The first kappa shape index (κ1) is 14.6. The Kier molecular flexibility index (Phi) is 5.56. The molecule has 0 amide bonds. The third kappa shape index (κ3) is 6.15. The molecule has 1 heterocycles. The summed E-state index contributed by atoms with van der Waals surface area (Å²) in [4.78, 5) is 5.61. The topological polar surface area (TPSA) is 50.9 Å². The summed E-state index contributed by atoms with van der Waals surface area (Å²) in [6.07, 6.45) is 3.09. The van der Waals surface area contributed by atoms with E-state index in [1.54, 1.807) is 11.3 Å². The van der Waals surface area contributed by atoms with Gasteiger partial charge in [0.05, 0.1) is 0 Å². The maximum atomic E-state index is 5.81. The molecule has 0 aromatic carbocycles. The molecule has 17 heavy (non-hydrogen) atoms. The quantitative estimate of drug-likeness (QED) is 0.821. The maximum absolute atomic E-state index is 5.81. The van der Waals surface area contributed by atoms with E-state index in [0.717, 1.165) is 31.1 Å². The van der Waals surface area contributed by atoms with Crippen molar-refractivity contribution >= 4 is 11.3 Å². The van der Waals surface area contributed by atoms with E-state index >= 15 is 0 Å². The zero-order valence-electron chi connectivity index (χ0n) is 11.4. The molecule has 0 bridgehead atoms. The summed E-state index contributed by atoms with van der Waals surface area (Å²) in [5.74, 6) is 0.552. The van der Waals surface area contributed by atoms with Gasteiger partial charge in [0, 0.05) is 17.6 Å². The fourth-order valence-electron chi connectivity index (χ4n) is 1.97. The molecule has 0 aliphatic heterocycles. The van der Waals surface area contributed by atoms with Crippen LogP contribution < -0.4 is 11.1 Å². The number of nitrogens with two attached hydrogens (primary N) is 1. The van der Waals surface area contributed by atoms with Crippen molar-refractivity contribution < 1.29 is 0 Å². The van der Waals surface area contributed by atoms with Crippen LogP contribution in [0.15, 0.2) is 6.20 Å². The fraction of sp³-hybridized carbons (Fsp3) is 0.769. The summed E-state index contributed by atoms with van der Waals surface area (Å²) >= 11 is 1.76. The lowest BCUT2D eigenvalue weighted by atomic mass is 9.84. The maximum Gasteiger partial charge on any atom is 0.107 e. The Morgan fingerprint density at radius 1 is 1.47 bits per heavy atom. The van der Waals surface area contributed by atoms with Crippen molar-refractivity contribution in [3.8, 4) is 0 Å². The highest BCUT2D eigenvalue weighted by molar-refractivity contribution is 7.11. The normalized spacial score (nSPS) is 13.9. The molecule has 0 aliphatic rings. The molecule has 1 aromatic heterocycles. The molecule has 1 unspecified atom stereocenters. The standard InChI is InChI=1S/C13H25N3S/c1-10-7-16-12(17-10)9-15-8-11(6-14)5-13(2,3)4/h7,11,15H,5-6,8-9,14H2,1-4H3. The van der Waals surface area contributed by atoms with Gasteiger partial charge in [0.25, 0.3) is 0 Å². The van der Waals surface area contributed by atoms with Crippen LogP contribution in [0, 0.1) is 18.3 Å². The van der Waals surface area contributed by atoms with Gasteiger partial charge in [0.2, 0.25) is 0 Å². The number of thiazole rings is 1. The predicted octanol–water partition coefficient (Wildman–Crippen LogP) is 2.55. The van der Waals surface area contributed by atoms with E-state index in [9.17, 15) is 0 Å². The lowest BCUT2D eigenvalue weighted by Gasteiger charge is -2.25. The van der Waals surface area contributed by atoms with Crippen molar-refractivity contribution in [3.63, 3.8) is 0 Å². The number of hydrogen-bond acceptors (Lipinski definition) is 4. The minimum absolute atomic E-state index is 0.351. The second-order valence-electron chi connectivity index (χ2n) is 5.86. The van der Waals surface area contributed by atoms with Gasteiger partial charge in [-0.1, -0.05) is 20.8 Å². The fourth-order valence-corrected chi connectivity index (χ4v) is 2.73. The van der Waals surface area contributed by atoms with Gasteiger partial charge in [0.15, 0.2) is 0 Å². The van der Waals surface area contributed by atoms with E-state index in [1.807, 2.05) is 6.20 Å². The van der Waals surface area contributed by atoms with E-state index in [2.05, 4.69) is 38.0 Å². The van der Waals surface area contributed by atoms with Crippen LogP contribution >= 0.6 is 11.3 Å². The van der Waals surface area contributed by atoms with Crippen LogP contribution in [-0.4, -0.2) is 18.1 Å². The number of aryl methyl sites for hydroxylation is 1. The molecular weight excluding hydrogens is 230 g/mol. The highest BCUT2D eigenvalue weighted by Crippen LogP contribution is 2.23. The number of rotatable bonds is 6. The second-order valence-corrected chi connectivity index (χ2v) is 7.18. The molecule has 4 heteroatoms. The van der Waals surface area contributed by atoms with Crippen molar-refractivity contribution in [1.29, 1.82) is 0 Å². The van der Waals surface area contributed by atoms with Gasteiger partial charge < -0.3 is 11.1 Å². The lowest BCUT2D eigenvalue weighted by molar-refractivity contribution is 0.289. The zero-order valence-corrected chi connectivity index (χ0v) is 12.2. The van der Waals surface area contributed by atoms with Crippen molar-refractivity contribution in [2.45, 2.75) is 40.7 Å². The third-order valence-corrected chi connectivity index (χ3v) is 3.53. The van der Waals surface area contributed by atoms with Crippen molar-refractivity contribution in [2.75, 3.05) is 13.1 Å². The SMILES string of the molecule is Cc1cnc(CNCC(CN)CC(C)(C)C)s1. The van der Waals surface area contributed by atoms with Crippen LogP contribution in [0.4, 0.5) is 0 Å². The zero-order chi connectivity index (χ0) is 12.9. The summed E-state index contributed by atoms with van der Waals surface area (Å²) in [7, 11) is 0. The molecule has 0 saturated heterocycles. The molecule has 1 rings (SSSR count). The Morgan fingerprint density at radius 2 is 2.18 bits per heavy atom. The first-order valence-corrected chi connectivity index (χ1v) is 7.04. The Balaban J connectivity index is 2.28. The van der Waals surface area contributed by atoms with E-state index in [-0.39, 0.29) is 0 Å². The molecule has 98 valence electrons. The number of aromatic nitrogens is 1. The molecule has 0 saturated carbocycles. The number of nitrogens with one attached hydrogen (secondary N) is 1. The number of nitrogens with zero attached hydrogens (tertiary/aromatic N) is 1. The van der Waals surface area contributed by atoms with E-state index in [0.29, 0.717) is 11.3 Å². The summed E-state index contributed by atoms with van der Waals surface area (Å²) in [5.41, 5.74) is 6.16. The van der Waals surface area contributed by atoms with Crippen LogP contribution in [0.2, 0.25) is 0 Å². The lowest BCUT2D eigenvalue weighted by Crippen LogP contribution is -2.31. The van der Waals surface area contributed by atoms with Gasteiger partial charge in [-0.2, -0.15) is 0 Å². The molecular formula is C13H25N3S. The van der Waals surface area contributed by atoms with Crippen molar-refractivity contribution in [3.05, 3.63) is 16.1 Å². The Morgan fingerprint density at radius 3 is 2.65 bits per heavy atom. The highest BCUT2D eigenvalue weighted by Gasteiger charge is 2.17. The smallest absolute Gasteiger partial charge is 0.107 e. The average molecular weight is 255 g/mol. The summed E-state index contributed by atoms with van der Waals surface area (Å²) < 4.78 is 0. The molecule has 0 radical (unpaired) electrons. The van der Waals surface area contributed by atoms with Gasteiger partial charge >= 0.3 is 0 Å². The Bertz CT molecular complexity index is 328. The molecule has 1 atom stereocenters. The Hall–Kier alpha value is -0.450. The van der Waals surface area contributed by atoms with E-state index in [4.69, 9.17) is 5.73 Å².